The number of ether oxygens (including phenoxy) is 1. The van der Waals surface area contributed by atoms with Crippen molar-refractivity contribution in [2.75, 3.05) is 20.2 Å². The van der Waals surface area contributed by atoms with E-state index in [2.05, 4.69) is 27.8 Å². The molecule has 23 heavy (non-hydrogen) atoms. The van der Waals surface area contributed by atoms with E-state index in [1.165, 1.54) is 5.56 Å². The van der Waals surface area contributed by atoms with Gasteiger partial charge < -0.3 is 15.4 Å². The Morgan fingerprint density at radius 1 is 0.913 bits per heavy atom. The lowest BCUT2D eigenvalue weighted by atomic mass is 10.2. The van der Waals surface area contributed by atoms with Gasteiger partial charge in [0.05, 0.1) is 6.61 Å². The Hall–Kier alpha value is -2.49. The van der Waals surface area contributed by atoms with Gasteiger partial charge in [0.2, 0.25) is 0 Å². The predicted octanol–water partition coefficient (Wildman–Crippen LogP) is 3.21. The van der Waals surface area contributed by atoms with Crippen molar-refractivity contribution < 1.29 is 4.74 Å². The summed E-state index contributed by atoms with van der Waals surface area (Å²) in [5, 5.41) is 6.63. The Kier molecular flexibility index (Phi) is 7.54. The molecule has 0 spiro atoms. The lowest BCUT2D eigenvalue weighted by Crippen LogP contribution is -2.37. The van der Waals surface area contributed by atoms with Gasteiger partial charge in [0.1, 0.15) is 5.75 Å². The highest BCUT2D eigenvalue weighted by Crippen LogP contribution is 2.08. The summed E-state index contributed by atoms with van der Waals surface area (Å²) in [5.41, 5.74) is 1.24. The van der Waals surface area contributed by atoms with Crippen molar-refractivity contribution in [2.24, 2.45) is 4.99 Å². The lowest BCUT2D eigenvalue weighted by molar-refractivity contribution is 0.307. The number of para-hydroxylation sites is 1. The summed E-state index contributed by atoms with van der Waals surface area (Å²) in [7, 11) is 1.79. The molecule has 0 aliphatic rings. The summed E-state index contributed by atoms with van der Waals surface area (Å²) < 4.78 is 5.67. The number of hydrogen-bond donors (Lipinski definition) is 2. The van der Waals surface area contributed by atoms with Crippen molar-refractivity contribution in [1.29, 1.82) is 0 Å². The second-order valence-electron chi connectivity index (χ2n) is 5.21. The van der Waals surface area contributed by atoms with Crippen molar-refractivity contribution in [1.82, 2.24) is 10.6 Å². The van der Waals surface area contributed by atoms with Gasteiger partial charge in [-0.05, 0) is 30.5 Å². The van der Waals surface area contributed by atoms with Crippen molar-refractivity contribution in [3.8, 4) is 5.75 Å². The van der Waals surface area contributed by atoms with Crippen LogP contribution in [0.4, 0.5) is 0 Å². The largest absolute Gasteiger partial charge is 0.494 e. The van der Waals surface area contributed by atoms with Gasteiger partial charge in [-0.3, -0.25) is 4.99 Å². The first kappa shape index (κ1) is 16.9. The van der Waals surface area contributed by atoms with Crippen LogP contribution in [-0.4, -0.2) is 26.2 Å². The number of nitrogens with one attached hydrogen (secondary N) is 2. The third-order valence-electron chi connectivity index (χ3n) is 3.40. The summed E-state index contributed by atoms with van der Waals surface area (Å²) in [6, 6.07) is 20.2. The highest BCUT2D eigenvalue weighted by Gasteiger charge is 1.98. The third kappa shape index (κ3) is 6.87. The van der Waals surface area contributed by atoms with Gasteiger partial charge in [0, 0.05) is 20.1 Å². The molecule has 0 bridgehead atoms. The van der Waals surface area contributed by atoms with E-state index >= 15 is 0 Å². The summed E-state index contributed by atoms with van der Waals surface area (Å²) in [6.07, 6.45) is 2.05. The first-order valence-corrected chi connectivity index (χ1v) is 8.05. The van der Waals surface area contributed by atoms with Gasteiger partial charge in [0.25, 0.3) is 0 Å². The van der Waals surface area contributed by atoms with Crippen LogP contribution in [0.5, 0.6) is 5.75 Å². The van der Waals surface area contributed by atoms with Crippen LogP contribution < -0.4 is 15.4 Å². The number of unbranched alkanes of at least 4 members (excludes halogenated alkanes) is 1. The predicted molar refractivity (Wildman–Crippen MR) is 95.8 cm³/mol. The summed E-state index contributed by atoms with van der Waals surface area (Å²) in [6.45, 7) is 2.39. The van der Waals surface area contributed by atoms with Gasteiger partial charge in [-0.25, -0.2) is 0 Å². The van der Waals surface area contributed by atoms with E-state index in [0.29, 0.717) is 0 Å². The number of guanidine groups is 1. The van der Waals surface area contributed by atoms with E-state index in [-0.39, 0.29) is 0 Å². The Morgan fingerprint density at radius 2 is 1.61 bits per heavy atom. The number of hydrogen-bond acceptors (Lipinski definition) is 2. The molecule has 4 heteroatoms. The topological polar surface area (TPSA) is 45.7 Å². The van der Waals surface area contributed by atoms with Crippen LogP contribution in [0, 0.1) is 0 Å². The van der Waals surface area contributed by atoms with Crippen LogP contribution in [0.1, 0.15) is 18.4 Å². The second kappa shape index (κ2) is 10.3. The molecule has 0 radical (unpaired) electrons. The molecular weight excluding hydrogens is 286 g/mol. The van der Waals surface area contributed by atoms with Crippen LogP contribution in [0.2, 0.25) is 0 Å². The SMILES string of the molecule is CN=C(NCCCCOc1ccccc1)NCc1ccccc1. The molecule has 0 aliphatic carbocycles. The fraction of sp³-hybridized carbons (Fsp3) is 0.316. The van der Waals surface area contributed by atoms with Gasteiger partial charge in [-0.2, -0.15) is 0 Å². The minimum absolute atomic E-state index is 0.738. The van der Waals surface area contributed by atoms with E-state index in [4.69, 9.17) is 4.74 Å². The van der Waals surface area contributed by atoms with Crippen LogP contribution >= 0.6 is 0 Å². The lowest BCUT2D eigenvalue weighted by Gasteiger charge is -2.12. The normalized spacial score (nSPS) is 11.1. The van der Waals surface area contributed by atoms with Crippen molar-refractivity contribution in [3.63, 3.8) is 0 Å². The number of benzene rings is 2. The molecule has 2 aromatic rings. The average molecular weight is 311 g/mol. The van der Waals surface area contributed by atoms with Gasteiger partial charge in [0.15, 0.2) is 5.96 Å². The zero-order chi connectivity index (χ0) is 16.2. The number of nitrogens with zero attached hydrogens (tertiary/aromatic N) is 1. The highest BCUT2D eigenvalue weighted by molar-refractivity contribution is 5.79. The molecule has 2 rings (SSSR count). The van der Waals surface area contributed by atoms with E-state index in [9.17, 15) is 0 Å². The average Bonchev–Trinajstić information content (AvgIpc) is 2.62. The maximum absolute atomic E-state index is 5.67. The smallest absolute Gasteiger partial charge is 0.191 e. The van der Waals surface area contributed by atoms with Crippen LogP contribution in [0.25, 0.3) is 0 Å². The summed E-state index contributed by atoms with van der Waals surface area (Å²) >= 11 is 0. The zero-order valence-corrected chi connectivity index (χ0v) is 13.7. The fourth-order valence-electron chi connectivity index (χ4n) is 2.14. The third-order valence-corrected chi connectivity index (χ3v) is 3.40. The molecule has 0 aliphatic heterocycles. The molecule has 0 atom stereocenters. The molecule has 0 saturated heterocycles. The fourth-order valence-corrected chi connectivity index (χ4v) is 2.14. The molecule has 2 aromatic carbocycles. The molecule has 4 nitrogen and oxygen atoms in total. The second-order valence-corrected chi connectivity index (χ2v) is 5.21. The first-order valence-electron chi connectivity index (χ1n) is 8.05. The monoisotopic (exact) mass is 311 g/mol. The molecule has 2 N–H and O–H groups in total. The molecule has 0 saturated carbocycles. The standard InChI is InChI=1S/C19H25N3O/c1-20-19(22-16-17-10-4-2-5-11-17)21-14-8-9-15-23-18-12-6-3-7-13-18/h2-7,10-13H,8-9,14-16H2,1H3,(H2,20,21,22). The zero-order valence-electron chi connectivity index (χ0n) is 13.7. The van der Waals surface area contributed by atoms with Crippen LogP contribution in [-0.2, 0) is 6.54 Å². The first-order chi connectivity index (χ1) is 11.4. The Morgan fingerprint density at radius 3 is 2.30 bits per heavy atom. The van der Waals surface area contributed by atoms with Crippen LogP contribution in [0.15, 0.2) is 65.7 Å². The Bertz CT molecular complexity index is 570. The van der Waals surface area contributed by atoms with Crippen LogP contribution in [0.3, 0.4) is 0 Å². The van der Waals surface area contributed by atoms with E-state index in [1.807, 2.05) is 48.5 Å². The minimum Gasteiger partial charge on any atom is -0.494 e. The quantitative estimate of drug-likeness (QED) is 0.447. The van der Waals surface area contributed by atoms with Gasteiger partial charge in [-0.1, -0.05) is 48.5 Å². The summed E-state index contributed by atoms with van der Waals surface area (Å²) in [4.78, 5) is 4.23. The Labute approximate surface area is 138 Å². The Balaban J connectivity index is 1.55. The van der Waals surface area contributed by atoms with E-state index < -0.39 is 0 Å². The molecular formula is C19H25N3O. The maximum Gasteiger partial charge on any atom is 0.191 e. The molecule has 0 unspecified atom stereocenters. The van der Waals surface area contributed by atoms with Crippen molar-refractivity contribution >= 4 is 5.96 Å². The molecule has 0 amide bonds. The molecule has 0 aromatic heterocycles. The minimum atomic E-state index is 0.738. The van der Waals surface area contributed by atoms with Crippen molar-refractivity contribution in [2.45, 2.75) is 19.4 Å². The van der Waals surface area contributed by atoms with E-state index in [1.54, 1.807) is 7.05 Å². The molecule has 0 fully saturated rings. The maximum atomic E-state index is 5.67. The highest BCUT2D eigenvalue weighted by atomic mass is 16.5. The van der Waals surface area contributed by atoms with E-state index in [0.717, 1.165) is 44.2 Å². The molecule has 0 heterocycles. The number of rotatable bonds is 8. The number of aliphatic imine (C=N–C) groups is 1. The van der Waals surface area contributed by atoms with Gasteiger partial charge >= 0.3 is 0 Å². The van der Waals surface area contributed by atoms with Crippen molar-refractivity contribution in [3.05, 3.63) is 66.2 Å². The summed E-state index contributed by atoms with van der Waals surface area (Å²) in [5.74, 6) is 1.76. The molecule has 122 valence electrons. The van der Waals surface area contributed by atoms with Gasteiger partial charge in [-0.15, -0.1) is 0 Å².